The first-order chi connectivity index (χ1) is 13.3. The van der Waals surface area contributed by atoms with Gasteiger partial charge in [-0.05, 0) is 30.3 Å². The molecule has 0 aliphatic heterocycles. The minimum Gasteiger partial charge on any atom is -0.496 e. The molecule has 28 heavy (non-hydrogen) atoms. The molecule has 0 saturated carbocycles. The SMILES string of the molecule is C=CCN(CC=C)c1ccc(C(F)(F)F)cc1NC(=O)c1ccccc1OC. The molecule has 0 fully saturated rings. The third-order valence-electron chi connectivity index (χ3n) is 3.96. The highest BCUT2D eigenvalue weighted by Gasteiger charge is 2.31. The van der Waals surface area contributed by atoms with Crippen molar-refractivity contribution >= 4 is 17.3 Å². The Hall–Kier alpha value is -3.22. The number of halogens is 3. The van der Waals surface area contributed by atoms with Crippen molar-refractivity contribution in [2.24, 2.45) is 0 Å². The van der Waals surface area contributed by atoms with Crippen LogP contribution in [0.25, 0.3) is 0 Å². The van der Waals surface area contributed by atoms with Crippen LogP contribution in [0.4, 0.5) is 24.5 Å². The highest BCUT2D eigenvalue weighted by atomic mass is 19.4. The lowest BCUT2D eigenvalue weighted by Gasteiger charge is -2.25. The zero-order valence-corrected chi connectivity index (χ0v) is 15.4. The van der Waals surface area contributed by atoms with Gasteiger partial charge in [0.1, 0.15) is 5.75 Å². The lowest BCUT2D eigenvalue weighted by Crippen LogP contribution is -2.25. The van der Waals surface area contributed by atoms with E-state index >= 15 is 0 Å². The molecule has 2 aromatic rings. The molecule has 7 heteroatoms. The Kier molecular flexibility index (Phi) is 6.87. The molecule has 0 unspecified atom stereocenters. The number of methoxy groups -OCH3 is 1. The Morgan fingerprint density at radius 3 is 2.36 bits per heavy atom. The average Bonchev–Trinajstić information content (AvgIpc) is 2.67. The smallest absolute Gasteiger partial charge is 0.416 e. The van der Waals surface area contributed by atoms with Gasteiger partial charge >= 0.3 is 6.18 Å². The van der Waals surface area contributed by atoms with Crippen molar-refractivity contribution in [3.05, 3.63) is 78.9 Å². The molecule has 0 saturated heterocycles. The topological polar surface area (TPSA) is 41.6 Å². The predicted octanol–water partition coefficient (Wildman–Crippen LogP) is 5.14. The Morgan fingerprint density at radius 1 is 1.14 bits per heavy atom. The van der Waals surface area contributed by atoms with Gasteiger partial charge in [-0.15, -0.1) is 13.2 Å². The lowest BCUT2D eigenvalue weighted by atomic mass is 10.1. The van der Waals surface area contributed by atoms with E-state index < -0.39 is 17.6 Å². The van der Waals surface area contributed by atoms with Crippen LogP contribution in [0.5, 0.6) is 5.75 Å². The van der Waals surface area contributed by atoms with Crippen molar-refractivity contribution in [3.63, 3.8) is 0 Å². The first-order valence-electron chi connectivity index (χ1n) is 8.44. The van der Waals surface area contributed by atoms with Gasteiger partial charge in [0.15, 0.2) is 0 Å². The van der Waals surface area contributed by atoms with Gasteiger partial charge in [-0.2, -0.15) is 13.2 Å². The second-order valence-electron chi connectivity index (χ2n) is 5.87. The number of hydrogen-bond acceptors (Lipinski definition) is 3. The summed E-state index contributed by atoms with van der Waals surface area (Å²) < 4.78 is 44.8. The minimum atomic E-state index is -4.54. The molecule has 2 aromatic carbocycles. The third kappa shape index (κ3) is 4.94. The number of amides is 1. The molecule has 0 spiro atoms. The number of hydrogen-bond donors (Lipinski definition) is 1. The van der Waals surface area contributed by atoms with Crippen molar-refractivity contribution in [2.75, 3.05) is 30.4 Å². The van der Waals surface area contributed by atoms with E-state index in [1.54, 1.807) is 35.3 Å². The molecule has 148 valence electrons. The standard InChI is InChI=1S/C21H21F3N2O2/c1-4-12-26(13-5-2)18-11-10-15(21(22,23)24)14-17(18)25-20(27)16-8-6-7-9-19(16)28-3/h4-11,14H,1-2,12-13H2,3H3,(H,25,27). The zero-order chi connectivity index (χ0) is 20.7. The van der Waals surface area contributed by atoms with E-state index in [1.165, 1.54) is 19.2 Å². The van der Waals surface area contributed by atoms with E-state index in [0.717, 1.165) is 12.1 Å². The molecule has 0 radical (unpaired) electrons. The van der Waals surface area contributed by atoms with E-state index in [2.05, 4.69) is 18.5 Å². The van der Waals surface area contributed by atoms with E-state index in [-0.39, 0.29) is 11.3 Å². The fourth-order valence-corrected chi connectivity index (χ4v) is 2.69. The molecule has 4 nitrogen and oxygen atoms in total. The summed E-state index contributed by atoms with van der Waals surface area (Å²) in [6.45, 7) is 8.07. The molecule has 2 rings (SSSR count). The van der Waals surface area contributed by atoms with Crippen molar-refractivity contribution in [1.82, 2.24) is 0 Å². The molecule has 0 aliphatic carbocycles. The second-order valence-corrected chi connectivity index (χ2v) is 5.87. The summed E-state index contributed by atoms with van der Waals surface area (Å²) in [5.41, 5.74) is -0.179. The van der Waals surface area contributed by atoms with Crippen molar-refractivity contribution in [3.8, 4) is 5.75 Å². The summed E-state index contributed by atoms with van der Waals surface area (Å²) in [7, 11) is 1.41. The Morgan fingerprint density at radius 2 is 1.79 bits per heavy atom. The second kappa shape index (κ2) is 9.12. The van der Waals surface area contributed by atoms with Crippen LogP contribution in [-0.4, -0.2) is 26.1 Å². The molecule has 0 aliphatic rings. The van der Waals surface area contributed by atoms with Gasteiger partial charge in [-0.3, -0.25) is 4.79 Å². The molecule has 0 atom stereocenters. The van der Waals surface area contributed by atoms with Gasteiger partial charge in [-0.1, -0.05) is 24.3 Å². The van der Waals surface area contributed by atoms with Crippen LogP contribution < -0.4 is 15.0 Å². The van der Waals surface area contributed by atoms with Crippen molar-refractivity contribution in [2.45, 2.75) is 6.18 Å². The normalized spacial score (nSPS) is 10.9. The molecule has 0 bridgehead atoms. The minimum absolute atomic E-state index is 0.0365. The van der Waals surface area contributed by atoms with Crippen molar-refractivity contribution < 1.29 is 22.7 Å². The number of carbonyl (C=O) groups is 1. The van der Waals surface area contributed by atoms with Gasteiger partial charge in [0, 0.05) is 13.1 Å². The van der Waals surface area contributed by atoms with Gasteiger partial charge in [0.2, 0.25) is 0 Å². The number of rotatable bonds is 8. The third-order valence-corrected chi connectivity index (χ3v) is 3.96. The van der Waals surface area contributed by atoms with Crippen LogP contribution in [0.3, 0.4) is 0 Å². The van der Waals surface area contributed by atoms with Crippen LogP contribution in [0.15, 0.2) is 67.8 Å². The van der Waals surface area contributed by atoms with Crippen LogP contribution in [-0.2, 0) is 6.18 Å². The summed E-state index contributed by atoms with van der Waals surface area (Å²) in [6, 6.07) is 9.70. The zero-order valence-electron chi connectivity index (χ0n) is 15.4. The molecular weight excluding hydrogens is 369 g/mol. The van der Waals surface area contributed by atoms with E-state index in [4.69, 9.17) is 4.74 Å². The fraction of sp³-hybridized carbons (Fsp3) is 0.190. The summed E-state index contributed by atoms with van der Waals surface area (Å²) in [5.74, 6) is -0.252. The number of anilines is 2. The number of carbonyl (C=O) groups excluding carboxylic acids is 1. The van der Waals surface area contributed by atoms with Gasteiger partial charge in [0.25, 0.3) is 5.91 Å². The first-order valence-corrected chi connectivity index (χ1v) is 8.44. The van der Waals surface area contributed by atoms with E-state index in [9.17, 15) is 18.0 Å². The molecular formula is C21H21F3N2O2. The maximum Gasteiger partial charge on any atom is 0.416 e. The fourth-order valence-electron chi connectivity index (χ4n) is 2.69. The summed E-state index contributed by atoms with van der Waals surface area (Å²) in [4.78, 5) is 14.5. The lowest BCUT2D eigenvalue weighted by molar-refractivity contribution is -0.137. The first kappa shape index (κ1) is 21.1. The highest BCUT2D eigenvalue weighted by Crippen LogP contribution is 2.36. The van der Waals surface area contributed by atoms with E-state index in [0.29, 0.717) is 24.5 Å². The van der Waals surface area contributed by atoms with Crippen molar-refractivity contribution in [1.29, 1.82) is 0 Å². The summed E-state index contributed by atoms with van der Waals surface area (Å²) in [6.07, 6.45) is -1.30. The Labute approximate surface area is 161 Å². The number of benzene rings is 2. The van der Waals surface area contributed by atoms with Crippen LogP contribution >= 0.6 is 0 Å². The van der Waals surface area contributed by atoms with Gasteiger partial charge in [-0.25, -0.2) is 0 Å². The van der Waals surface area contributed by atoms with Gasteiger partial charge in [0.05, 0.1) is 29.6 Å². The van der Waals surface area contributed by atoms with Crippen LogP contribution in [0.2, 0.25) is 0 Å². The number of nitrogens with one attached hydrogen (secondary N) is 1. The van der Waals surface area contributed by atoms with E-state index in [1.807, 2.05) is 0 Å². The maximum absolute atomic E-state index is 13.2. The Bertz CT molecular complexity index is 853. The maximum atomic E-state index is 13.2. The quantitative estimate of drug-likeness (QED) is 0.634. The van der Waals surface area contributed by atoms with Crippen LogP contribution in [0.1, 0.15) is 15.9 Å². The largest absolute Gasteiger partial charge is 0.496 e. The predicted molar refractivity (Wildman–Crippen MR) is 105 cm³/mol. The number of para-hydroxylation sites is 1. The summed E-state index contributed by atoms with van der Waals surface area (Å²) >= 11 is 0. The van der Waals surface area contributed by atoms with Gasteiger partial charge < -0.3 is 15.0 Å². The monoisotopic (exact) mass is 390 g/mol. The molecule has 0 aromatic heterocycles. The summed E-state index contributed by atoms with van der Waals surface area (Å²) in [5, 5.41) is 2.58. The molecule has 1 N–H and O–H groups in total. The molecule has 0 heterocycles. The molecule has 1 amide bonds. The number of alkyl halides is 3. The number of nitrogens with zero attached hydrogens (tertiary/aromatic N) is 1. The number of ether oxygens (including phenoxy) is 1. The highest BCUT2D eigenvalue weighted by molar-refractivity contribution is 6.07. The Balaban J connectivity index is 2.50. The van der Waals surface area contributed by atoms with Crippen LogP contribution in [0, 0.1) is 0 Å². The average molecular weight is 390 g/mol.